The molecule has 3 aromatic rings. The van der Waals surface area contributed by atoms with Crippen LogP contribution in [0.1, 0.15) is 38.7 Å². The second-order valence-corrected chi connectivity index (χ2v) is 15.2. The molecule has 0 aliphatic heterocycles. The smallest absolute Gasteiger partial charge is 0.337 e. The minimum Gasteiger partial charge on any atom is -0.464 e. The lowest BCUT2D eigenvalue weighted by molar-refractivity contribution is -0.164. The summed E-state index contributed by atoms with van der Waals surface area (Å²) in [6.45, 7) is 9.53. The number of nitrogens with two attached hydrogens (primary N) is 1. The highest BCUT2D eigenvalue weighted by Crippen LogP contribution is 2.21. The molecule has 0 atom stereocenters. The Kier molecular flexibility index (Phi) is 10.5. The standard InChI is InChI=1S/C31H42N2O4Si/c1-5-36-29(34)31(32,30(35)37-6-2)21-20-24-16-18-26(19-17-24)33-22-9-10-23-38(3,4)28-15-11-13-25-12-7-8-14-27(25)28/h7-8,11-19,33H,5-6,9-10,20-23,32H2,1-4H3. The molecule has 7 heteroatoms. The summed E-state index contributed by atoms with van der Waals surface area (Å²) in [5, 5.41) is 7.79. The number of carbonyl (C=O) groups is 2. The lowest BCUT2D eigenvalue weighted by atomic mass is 9.92. The Morgan fingerprint density at radius 3 is 2.16 bits per heavy atom. The molecule has 0 aliphatic carbocycles. The van der Waals surface area contributed by atoms with Crippen molar-refractivity contribution in [2.75, 3.05) is 25.1 Å². The third-order valence-electron chi connectivity index (χ3n) is 7.12. The van der Waals surface area contributed by atoms with E-state index in [9.17, 15) is 9.59 Å². The van der Waals surface area contributed by atoms with E-state index in [1.54, 1.807) is 19.0 Å². The van der Waals surface area contributed by atoms with Crippen molar-refractivity contribution in [1.82, 2.24) is 0 Å². The minimum absolute atomic E-state index is 0.119. The van der Waals surface area contributed by atoms with E-state index >= 15 is 0 Å². The van der Waals surface area contributed by atoms with Gasteiger partial charge in [0.25, 0.3) is 0 Å². The van der Waals surface area contributed by atoms with Crippen molar-refractivity contribution in [2.45, 2.75) is 64.2 Å². The van der Waals surface area contributed by atoms with Gasteiger partial charge in [0.2, 0.25) is 5.54 Å². The maximum Gasteiger partial charge on any atom is 0.337 e. The van der Waals surface area contributed by atoms with E-state index in [0.29, 0.717) is 6.42 Å². The minimum atomic E-state index is -1.80. The summed E-state index contributed by atoms with van der Waals surface area (Å²) in [5.74, 6) is -1.49. The summed E-state index contributed by atoms with van der Waals surface area (Å²) < 4.78 is 10.1. The first kappa shape index (κ1) is 29.4. The van der Waals surface area contributed by atoms with Gasteiger partial charge in [0.05, 0.1) is 21.3 Å². The van der Waals surface area contributed by atoms with Gasteiger partial charge in [-0.05, 0) is 61.6 Å². The van der Waals surface area contributed by atoms with Gasteiger partial charge in [-0.3, -0.25) is 0 Å². The third-order valence-corrected chi connectivity index (χ3v) is 10.6. The van der Waals surface area contributed by atoms with Crippen LogP contribution in [0.2, 0.25) is 19.1 Å². The van der Waals surface area contributed by atoms with Crippen molar-refractivity contribution in [3.8, 4) is 0 Å². The van der Waals surface area contributed by atoms with Crippen LogP contribution in [0.15, 0.2) is 66.7 Å². The van der Waals surface area contributed by atoms with Gasteiger partial charge in [-0.2, -0.15) is 0 Å². The molecule has 38 heavy (non-hydrogen) atoms. The first-order valence-corrected chi connectivity index (χ1v) is 16.9. The quantitative estimate of drug-likeness (QED) is 0.124. The van der Waals surface area contributed by atoms with Crippen LogP contribution in [0, 0.1) is 0 Å². The molecule has 0 bridgehead atoms. The number of nitrogens with one attached hydrogen (secondary N) is 1. The lowest BCUT2D eigenvalue weighted by Gasteiger charge is -2.25. The molecule has 0 saturated carbocycles. The van der Waals surface area contributed by atoms with Crippen molar-refractivity contribution in [3.63, 3.8) is 0 Å². The zero-order valence-corrected chi connectivity index (χ0v) is 24.2. The Bertz CT molecular complexity index is 1190. The van der Waals surface area contributed by atoms with Crippen LogP contribution in [0.5, 0.6) is 0 Å². The number of carbonyl (C=O) groups excluding carboxylic acids is 2. The van der Waals surface area contributed by atoms with E-state index < -0.39 is 25.6 Å². The second kappa shape index (κ2) is 13.6. The second-order valence-electron chi connectivity index (χ2n) is 10.4. The van der Waals surface area contributed by atoms with E-state index in [1.807, 2.05) is 24.3 Å². The van der Waals surface area contributed by atoms with Gasteiger partial charge in [0, 0.05) is 12.2 Å². The topological polar surface area (TPSA) is 90.6 Å². The van der Waals surface area contributed by atoms with Gasteiger partial charge in [-0.15, -0.1) is 0 Å². The number of hydrogen-bond acceptors (Lipinski definition) is 6. The van der Waals surface area contributed by atoms with E-state index in [-0.39, 0.29) is 19.6 Å². The number of ether oxygens (including phenoxy) is 2. The SMILES string of the molecule is CCOC(=O)C(N)(CCc1ccc(NCCCC[Si](C)(C)c2cccc3ccccc23)cc1)C(=O)OCC. The molecule has 0 amide bonds. The molecule has 0 saturated heterocycles. The van der Waals surface area contributed by atoms with Crippen LogP contribution in [0.25, 0.3) is 10.8 Å². The largest absolute Gasteiger partial charge is 0.464 e. The Labute approximate surface area is 227 Å². The van der Waals surface area contributed by atoms with E-state index in [2.05, 4.69) is 60.9 Å². The van der Waals surface area contributed by atoms with Crippen molar-refractivity contribution < 1.29 is 19.1 Å². The summed E-state index contributed by atoms with van der Waals surface area (Å²) in [6.07, 6.45) is 2.88. The number of anilines is 1. The normalized spacial score (nSPS) is 11.8. The molecule has 3 rings (SSSR count). The Morgan fingerprint density at radius 2 is 1.50 bits per heavy atom. The highest BCUT2D eigenvalue weighted by Gasteiger charge is 2.44. The van der Waals surface area contributed by atoms with Crippen LogP contribution < -0.4 is 16.2 Å². The van der Waals surface area contributed by atoms with Gasteiger partial charge >= 0.3 is 11.9 Å². The average Bonchev–Trinajstić information content (AvgIpc) is 2.92. The van der Waals surface area contributed by atoms with Gasteiger partial charge in [-0.25, -0.2) is 9.59 Å². The van der Waals surface area contributed by atoms with Crippen molar-refractivity contribution in [2.24, 2.45) is 5.73 Å². The fraction of sp³-hybridized carbons (Fsp3) is 0.419. The van der Waals surface area contributed by atoms with E-state index in [0.717, 1.165) is 24.2 Å². The molecule has 3 N–H and O–H groups in total. The fourth-order valence-electron chi connectivity index (χ4n) is 4.81. The van der Waals surface area contributed by atoms with Gasteiger partial charge in [0.1, 0.15) is 0 Å². The molecule has 0 spiro atoms. The molecule has 3 aromatic carbocycles. The summed E-state index contributed by atoms with van der Waals surface area (Å²) in [6, 6.07) is 24.7. The predicted octanol–water partition coefficient (Wildman–Crippen LogP) is 5.40. The van der Waals surface area contributed by atoms with Gasteiger partial charge < -0.3 is 20.5 Å². The van der Waals surface area contributed by atoms with Crippen LogP contribution in [-0.2, 0) is 25.5 Å². The molecular weight excluding hydrogens is 492 g/mol. The van der Waals surface area contributed by atoms with Crippen LogP contribution >= 0.6 is 0 Å². The maximum absolute atomic E-state index is 12.4. The summed E-state index contributed by atoms with van der Waals surface area (Å²) in [5.41, 5.74) is 6.40. The van der Waals surface area contributed by atoms with E-state index in [4.69, 9.17) is 15.2 Å². The van der Waals surface area contributed by atoms with Gasteiger partial charge in [-0.1, -0.05) is 85.3 Å². The first-order chi connectivity index (χ1) is 18.2. The number of aryl methyl sites for hydroxylation is 1. The Hall–Kier alpha value is -3.16. The first-order valence-electron chi connectivity index (χ1n) is 13.7. The number of hydrogen-bond donors (Lipinski definition) is 2. The Balaban J connectivity index is 1.48. The highest BCUT2D eigenvalue weighted by molar-refractivity contribution is 6.91. The summed E-state index contributed by atoms with van der Waals surface area (Å²) >= 11 is 0. The predicted molar refractivity (Wildman–Crippen MR) is 159 cm³/mol. The van der Waals surface area contributed by atoms with Crippen molar-refractivity contribution >= 4 is 41.7 Å². The summed E-state index contributed by atoms with van der Waals surface area (Å²) in [7, 11) is -1.54. The average molecular weight is 535 g/mol. The maximum atomic E-state index is 12.4. The van der Waals surface area contributed by atoms with Crippen molar-refractivity contribution in [3.05, 3.63) is 72.3 Å². The number of benzene rings is 3. The van der Waals surface area contributed by atoms with Crippen molar-refractivity contribution in [1.29, 1.82) is 0 Å². The number of rotatable bonds is 14. The van der Waals surface area contributed by atoms with Crippen LogP contribution in [-0.4, -0.2) is 45.3 Å². The third kappa shape index (κ3) is 7.45. The number of unbranched alkanes of at least 4 members (excludes halogenated alkanes) is 1. The molecule has 6 nitrogen and oxygen atoms in total. The molecule has 0 unspecified atom stereocenters. The molecular formula is C31H42N2O4Si. The van der Waals surface area contributed by atoms with Crippen LogP contribution in [0.4, 0.5) is 5.69 Å². The number of esters is 2. The molecule has 204 valence electrons. The lowest BCUT2D eigenvalue weighted by Crippen LogP contribution is -2.57. The van der Waals surface area contributed by atoms with Gasteiger partial charge in [0.15, 0.2) is 0 Å². The molecule has 0 aliphatic rings. The van der Waals surface area contributed by atoms with E-state index in [1.165, 1.54) is 23.2 Å². The highest BCUT2D eigenvalue weighted by atomic mass is 28.3. The zero-order valence-electron chi connectivity index (χ0n) is 23.2. The zero-order chi connectivity index (χ0) is 27.6. The Morgan fingerprint density at radius 1 is 0.868 bits per heavy atom. The number of fused-ring (bicyclic) bond motifs is 1. The fourth-order valence-corrected chi connectivity index (χ4v) is 7.72. The molecule has 0 heterocycles. The molecule has 0 radical (unpaired) electrons. The summed E-state index contributed by atoms with van der Waals surface area (Å²) in [4.78, 5) is 24.7. The van der Waals surface area contributed by atoms with Crippen LogP contribution in [0.3, 0.4) is 0 Å². The molecule has 0 aromatic heterocycles. The monoisotopic (exact) mass is 534 g/mol. The molecule has 0 fully saturated rings.